The van der Waals surface area contributed by atoms with Crippen LogP contribution in [0.3, 0.4) is 0 Å². The highest BCUT2D eigenvalue weighted by molar-refractivity contribution is 5.98. The number of nitrogens with one attached hydrogen (secondary N) is 1. The molecule has 5 nitrogen and oxygen atoms in total. The number of carbonyl (C=O) groups is 1. The zero-order valence-electron chi connectivity index (χ0n) is 13.3. The van der Waals surface area contributed by atoms with Crippen LogP contribution in [0.5, 0.6) is 0 Å². The molecule has 0 aliphatic carbocycles. The average Bonchev–Trinajstić information content (AvgIpc) is 3.19. The minimum Gasteiger partial charge on any atom is -0.468 e. The number of para-hydroxylation sites is 1. The molecule has 0 saturated carbocycles. The van der Waals surface area contributed by atoms with Gasteiger partial charge in [-0.2, -0.15) is 0 Å². The Kier molecular flexibility index (Phi) is 4.60. The molecule has 2 heterocycles. The molecule has 23 heavy (non-hydrogen) atoms. The van der Waals surface area contributed by atoms with Crippen LogP contribution in [0.25, 0.3) is 11.0 Å². The molecule has 0 amide bonds. The van der Waals surface area contributed by atoms with E-state index in [4.69, 9.17) is 8.83 Å². The second-order valence-corrected chi connectivity index (χ2v) is 5.70. The van der Waals surface area contributed by atoms with E-state index in [0.29, 0.717) is 12.3 Å². The van der Waals surface area contributed by atoms with Crippen molar-refractivity contribution in [3.05, 3.63) is 60.2 Å². The van der Waals surface area contributed by atoms with Crippen LogP contribution < -0.4 is 5.32 Å². The first-order valence-electron chi connectivity index (χ1n) is 7.57. The minimum atomic E-state index is -0.0573. The Balaban J connectivity index is 1.60. The molecule has 0 fully saturated rings. The van der Waals surface area contributed by atoms with Gasteiger partial charge in [0.1, 0.15) is 11.3 Å². The number of nitrogens with zero attached hydrogens (tertiary/aromatic N) is 1. The van der Waals surface area contributed by atoms with Gasteiger partial charge in [-0.05, 0) is 38.4 Å². The van der Waals surface area contributed by atoms with E-state index in [1.165, 1.54) is 0 Å². The van der Waals surface area contributed by atoms with Crippen molar-refractivity contribution >= 4 is 16.8 Å². The number of benzene rings is 1. The third kappa shape index (κ3) is 3.52. The van der Waals surface area contributed by atoms with Gasteiger partial charge < -0.3 is 14.2 Å². The summed E-state index contributed by atoms with van der Waals surface area (Å²) < 4.78 is 11.0. The van der Waals surface area contributed by atoms with Crippen molar-refractivity contribution in [2.45, 2.75) is 6.04 Å². The highest BCUT2D eigenvalue weighted by Gasteiger charge is 2.18. The van der Waals surface area contributed by atoms with Gasteiger partial charge in [0.25, 0.3) is 0 Å². The van der Waals surface area contributed by atoms with E-state index in [2.05, 4.69) is 10.2 Å². The number of furan rings is 2. The summed E-state index contributed by atoms with van der Waals surface area (Å²) in [6.45, 7) is 0.845. The lowest BCUT2D eigenvalue weighted by Crippen LogP contribution is -2.33. The molecule has 0 radical (unpaired) electrons. The molecule has 0 spiro atoms. The number of ketones is 1. The molecule has 5 heteroatoms. The van der Waals surface area contributed by atoms with Crippen molar-refractivity contribution in [2.24, 2.45) is 0 Å². The lowest BCUT2D eigenvalue weighted by Gasteiger charge is -2.22. The monoisotopic (exact) mass is 312 g/mol. The number of likely N-dealkylation sites (N-methyl/N-ethyl adjacent to an activating group) is 1. The Morgan fingerprint density at radius 1 is 1.22 bits per heavy atom. The summed E-state index contributed by atoms with van der Waals surface area (Å²) in [5.74, 6) is 1.20. The number of rotatable bonds is 7. The van der Waals surface area contributed by atoms with Crippen LogP contribution in [-0.4, -0.2) is 37.9 Å². The summed E-state index contributed by atoms with van der Waals surface area (Å²) in [6, 6.07) is 13.3. The highest BCUT2D eigenvalue weighted by Crippen LogP contribution is 2.19. The number of Topliss-reactive ketones (excluding diaryl/α,β-unsaturated/α-hetero) is 1. The Morgan fingerprint density at radius 3 is 2.74 bits per heavy atom. The summed E-state index contributed by atoms with van der Waals surface area (Å²) in [5, 5.41) is 4.13. The van der Waals surface area contributed by atoms with E-state index in [1.54, 1.807) is 12.3 Å². The van der Waals surface area contributed by atoms with E-state index in [-0.39, 0.29) is 18.4 Å². The number of carbonyl (C=O) groups excluding carboxylic acids is 1. The van der Waals surface area contributed by atoms with Gasteiger partial charge in [0.15, 0.2) is 5.76 Å². The molecular formula is C18H20N2O3. The fraction of sp³-hybridized carbons (Fsp3) is 0.278. The summed E-state index contributed by atoms with van der Waals surface area (Å²) in [5.41, 5.74) is 0.734. The largest absolute Gasteiger partial charge is 0.468 e. The second-order valence-electron chi connectivity index (χ2n) is 5.70. The summed E-state index contributed by atoms with van der Waals surface area (Å²) in [4.78, 5) is 14.3. The summed E-state index contributed by atoms with van der Waals surface area (Å²) in [6.07, 6.45) is 1.66. The van der Waals surface area contributed by atoms with Crippen LogP contribution in [0.2, 0.25) is 0 Å². The Morgan fingerprint density at radius 2 is 2.04 bits per heavy atom. The summed E-state index contributed by atoms with van der Waals surface area (Å²) in [7, 11) is 3.96. The lowest BCUT2D eigenvalue weighted by molar-refractivity contribution is 0.0963. The third-order valence-electron chi connectivity index (χ3n) is 3.82. The normalized spacial score (nSPS) is 12.8. The van der Waals surface area contributed by atoms with Gasteiger partial charge >= 0.3 is 0 Å². The van der Waals surface area contributed by atoms with E-state index in [1.807, 2.05) is 50.5 Å². The first-order valence-corrected chi connectivity index (χ1v) is 7.57. The number of hydrogen-bond donors (Lipinski definition) is 1. The van der Waals surface area contributed by atoms with Crippen LogP contribution in [0.15, 0.2) is 57.6 Å². The molecule has 0 aliphatic rings. The Hall–Kier alpha value is -2.37. The Bertz CT molecular complexity index is 742. The molecule has 1 aromatic carbocycles. The molecule has 0 aliphatic heterocycles. The van der Waals surface area contributed by atoms with Crippen LogP contribution >= 0.6 is 0 Å². The summed E-state index contributed by atoms with van der Waals surface area (Å²) >= 11 is 0. The van der Waals surface area contributed by atoms with Crippen molar-refractivity contribution in [3.8, 4) is 0 Å². The van der Waals surface area contributed by atoms with Gasteiger partial charge in [-0.25, -0.2) is 0 Å². The molecule has 2 aromatic heterocycles. The second kappa shape index (κ2) is 6.81. The van der Waals surface area contributed by atoms with Gasteiger partial charge in [0.2, 0.25) is 5.78 Å². The van der Waals surface area contributed by atoms with Crippen molar-refractivity contribution in [1.82, 2.24) is 10.2 Å². The molecular weight excluding hydrogens is 292 g/mol. The van der Waals surface area contributed by atoms with Gasteiger partial charge in [0.05, 0.1) is 18.8 Å². The predicted octanol–water partition coefficient (Wildman–Crippen LogP) is 3.10. The maximum Gasteiger partial charge on any atom is 0.211 e. The van der Waals surface area contributed by atoms with Crippen molar-refractivity contribution < 1.29 is 13.6 Å². The number of fused-ring (bicyclic) bond motifs is 1. The maximum atomic E-state index is 12.3. The van der Waals surface area contributed by atoms with Crippen LogP contribution in [-0.2, 0) is 0 Å². The van der Waals surface area contributed by atoms with Gasteiger partial charge in [-0.15, -0.1) is 0 Å². The first kappa shape index (κ1) is 15.5. The molecule has 3 rings (SSSR count). The van der Waals surface area contributed by atoms with Crippen LogP contribution in [0.1, 0.15) is 22.4 Å². The quantitative estimate of drug-likeness (QED) is 0.679. The van der Waals surface area contributed by atoms with Gasteiger partial charge in [0, 0.05) is 11.9 Å². The smallest absolute Gasteiger partial charge is 0.211 e. The highest BCUT2D eigenvalue weighted by atomic mass is 16.3. The zero-order chi connectivity index (χ0) is 16.2. The molecule has 120 valence electrons. The van der Waals surface area contributed by atoms with Crippen molar-refractivity contribution in [1.29, 1.82) is 0 Å². The van der Waals surface area contributed by atoms with E-state index in [0.717, 1.165) is 16.7 Å². The topological polar surface area (TPSA) is 58.6 Å². The SMILES string of the molecule is CN(C)C(CNCC(=O)c1cc2ccccc2o1)c1ccco1. The molecule has 1 unspecified atom stereocenters. The van der Waals surface area contributed by atoms with E-state index >= 15 is 0 Å². The van der Waals surface area contributed by atoms with Crippen molar-refractivity contribution in [3.63, 3.8) is 0 Å². The molecule has 1 N–H and O–H groups in total. The molecule has 1 atom stereocenters. The van der Waals surface area contributed by atoms with Crippen molar-refractivity contribution in [2.75, 3.05) is 27.2 Å². The molecule has 3 aromatic rings. The zero-order valence-corrected chi connectivity index (χ0v) is 13.3. The minimum absolute atomic E-state index is 0.0573. The molecule has 0 saturated heterocycles. The standard InChI is InChI=1S/C18H20N2O3/c1-20(2)14(17-8-5-9-22-17)11-19-12-15(21)18-10-13-6-3-4-7-16(13)23-18/h3-10,14,19H,11-12H2,1-2H3. The fourth-order valence-corrected chi connectivity index (χ4v) is 2.55. The molecule has 0 bridgehead atoms. The predicted molar refractivity (Wildman–Crippen MR) is 88.6 cm³/mol. The number of hydrogen-bond acceptors (Lipinski definition) is 5. The van der Waals surface area contributed by atoms with Crippen LogP contribution in [0, 0.1) is 0 Å². The third-order valence-corrected chi connectivity index (χ3v) is 3.82. The Labute approximate surface area is 134 Å². The first-order chi connectivity index (χ1) is 11.1. The van der Waals surface area contributed by atoms with Gasteiger partial charge in [-0.3, -0.25) is 9.69 Å². The maximum absolute atomic E-state index is 12.3. The van der Waals surface area contributed by atoms with Gasteiger partial charge in [-0.1, -0.05) is 18.2 Å². The van der Waals surface area contributed by atoms with Crippen LogP contribution in [0.4, 0.5) is 0 Å². The fourth-order valence-electron chi connectivity index (χ4n) is 2.55. The lowest BCUT2D eigenvalue weighted by atomic mass is 10.2. The van der Waals surface area contributed by atoms with E-state index in [9.17, 15) is 4.79 Å². The average molecular weight is 312 g/mol. The van der Waals surface area contributed by atoms with E-state index < -0.39 is 0 Å².